The molecule has 1 heterocycles. The van der Waals surface area contributed by atoms with Gasteiger partial charge in [-0.1, -0.05) is 19.1 Å². The Morgan fingerprint density at radius 1 is 1.33 bits per heavy atom. The molecule has 1 aliphatic heterocycles. The van der Waals surface area contributed by atoms with Gasteiger partial charge in [0, 0.05) is 19.1 Å². The molecule has 2 atom stereocenters. The smallest absolute Gasteiger partial charge is 0.245 e. The Labute approximate surface area is 127 Å². The van der Waals surface area contributed by atoms with Crippen molar-refractivity contribution in [1.82, 2.24) is 4.31 Å². The zero-order valence-electron chi connectivity index (χ0n) is 12.9. The highest BCUT2D eigenvalue weighted by Gasteiger charge is 2.36. The number of nitrogens with zero attached hydrogens (tertiary/aromatic N) is 1. The molecule has 0 radical (unpaired) electrons. The number of para-hydroxylation sites is 1. The van der Waals surface area contributed by atoms with Gasteiger partial charge in [0.15, 0.2) is 0 Å². The highest BCUT2D eigenvalue weighted by atomic mass is 32.2. The Hall–Kier alpha value is -1.11. The van der Waals surface area contributed by atoms with Crippen LogP contribution in [-0.2, 0) is 14.8 Å². The van der Waals surface area contributed by atoms with Crippen LogP contribution < -0.4 is 5.32 Å². The van der Waals surface area contributed by atoms with Crippen LogP contribution in [-0.4, -0.2) is 44.6 Å². The second kappa shape index (κ2) is 6.77. The van der Waals surface area contributed by atoms with Gasteiger partial charge in [0.05, 0.1) is 18.4 Å². The first kappa shape index (κ1) is 16.3. The van der Waals surface area contributed by atoms with Crippen LogP contribution >= 0.6 is 0 Å². The van der Waals surface area contributed by atoms with Crippen LogP contribution in [0.2, 0.25) is 0 Å². The maximum atomic E-state index is 13.0. The van der Waals surface area contributed by atoms with Crippen molar-refractivity contribution in [2.24, 2.45) is 0 Å². The molecule has 0 bridgehead atoms. The van der Waals surface area contributed by atoms with Crippen LogP contribution in [0.1, 0.15) is 27.2 Å². The molecule has 118 valence electrons. The first-order valence-electron chi connectivity index (χ1n) is 7.47. The predicted molar refractivity (Wildman–Crippen MR) is 84.0 cm³/mol. The van der Waals surface area contributed by atoms with Crippen LogP contribution in [0, 0.1) is 0 Å². The molecule has 1 aliphatic rings. The summed E-state index contributed by atoms with van der Waals surface area (Å²) < 4.78 is 33.2. The van der Waals surface area contributed by atoms with E-state index in [0.717, 1.165) is 6.42 Å². The van der Waals surface area contributed by atoms with Crippen molar-refractivity contribution in [2.45, 2.75) is 44.2 Å². The van der Waals surface area contributed by atoms with Gasteiger partial charge in [-0.05, 0) is 32.4 Å². The number of nitrogens with one attached hydrogen (secondary N) is 1. The number of rotatable bonds is 5. The molecule has 0 saturated carbocycles. The van der Waals surface area contributed by atoms with Crippen LogP contribution in [0.25, 0.3) is 0 Å². The van der Waals surface area contributed by atoms with Crippen molar-refractivity contribution in [3.8, 4) is 0 Å². The van der Waals surface area contributed by atoms with Crippen LogP contribution in [0.15, 0.2) is 29.2 Å². The summed E-state index contributed by atoms with van der Waals surface area (Å²) in [6.45, 7) is 7.40. The van der Waals surface area contributed by atoms with Crippen molar-refractivity contribution in [2.75, 3.05) is 25.0 Å². The molecule has 1 saturated heterocycles. The minimum atomic E-state index is -3.52. The van der Waals surface area contributed by atoms with Crippen molar-refractivity contribution in [1.29, 1.82) is 0 Å². The van der Waals surface area contributed by atoms with E-state index in [1.807, 2.05) is 26.8 Å². The molecule has 2 rings (SSSR count). The summed E-state index contributed by atoms with van der Waals surface area (Å²) in [5, 5.41) is 3.13. The predicted octanol–water partition coefficient (Wildman–Crippen LogP) is 2.31. The fourth-order valence-electron chi connectivity index (χ4n) is 2.58. The van der Waals surface area contributed by atoms with E-state index in [9.17, 15) is 8.42 Å². The minimum absolute atomic E-state index is 0.0751. The molecule has 0 aliphatic carbocycles. The molecule has 0 aromatic heterocycles. The third kappa shape index (κ3) is 3.39. The fraction of sp³-hybridized carbons (Fsp3) is 0.600. The summed E-state index contributed by atoms with van der Waals surface area (Å²) in [5.41, 5.74) is 0.661. The first-order valence-corrected chi connectivity index (χ1v) is 8.91. The normalized spacial score (nSPS) is 24.0. The lowest BCUT2D eigenvalue weighted by molar-refractivity contribution is -0.0230. The standard InChI is InChI=1S/C15H24N2O3S/c1-4-13-11-20-12(3)10-17(13)21(18,19)15-9-7-6-8-14(15)16-5-2/h6-9,12-13,16H,4-5,10-11H2,1-3H3. The fourth-order valence-corrected chi connectivity index (χ4v) is 4.51. The van der Waals surface area contributed by atoms with Crippen molar-refractivity contribution in [3.05, 3.63) is 24.3 Å². The SMILES string of the molecule is CCNc1ccccc1S(=O)(=O)N1CC(C)OCC1CC. The highest BCUT2D eigenvalue weighted by Crippen LogP contribution is 2.28. The zero-order valence-corrected chi connectivity index (χ0v) is 13.7. The topological polar surface area (TPSA) is 58.6 Å². The number of hydrogen-bond acceptors (Lipinski definition) is 4. The minimum Gasteiger partial charge on any atom is -0.384 e. The molecule has 5 nitrogen and oxygen atoms in total. The van der Waals surface area contributed by atoms with Gasteiger partial charge in [0.25, 0.3) is 0 Å². The van der Waals surface area contributed by atoms with E-state index in [2.05, 4.69) is 5.32 Å². The Bertz CT molecular complexity index is 574. The van der Waals surface area contributed by atoms with E-state index in [1.54, 1.807) is 22.5 Å². The number of morpholine rings is 1. The summed E-state index contributed by atoms with van der Waals surface area (Å²) in [7, 11) is -3.52. The van der Waals surface area contributed by atoms with E-state index in [4.69, 9.17) is 4.74 Å². The van der Waals surface area contributed by atoms with E-state index in [-0.39, 0.29) is 12.1 Å². The maximum Gasteiger partial charge on any atom is 0.245 e. The number of anilines is 1. The second-order valence-electron chi connectivity index (χ2n) is 5.31. The molecule has 1 aromatic rings. The number of benzene rings is 1. The summed E-state index contributed by atoms with van der Waals surface area (Å²) in [6, 6.07) is 6.98. The van der Waals surface area contributed by atoms with Crippen molar-refractivity contribution in [3.63, 3.8) is 0 Å². The third-order valence-corrected chi connectivity index (χ3v) is 5.71. The summed E-state index contributed by atoms with van der Waals surface area (Å²) in [6.07, 6.45) is 0.670. The first-order chi connectivity index (χ1) is 10.0. The monoisotopic (exact) mass is 312 g/mol. The summed E-state index contributed by atoms with van der Waals surface area (Å²) in [4.78, 5) is 0.347. The molecule has 0 amide bonds. The second-order valence-corrected chi connectivity index (χ2v) is 7.17. The molecular weight excluding hydrogens is 288 g/mol. The average Bonchev–Trinajstić information content (AvgIpc) is 2.48. The molecule has 6 heteroatoms. The molecule has 1 N–H and O–H groups in total. The number of sulfonamides is 1. The number of hydrogen-bond donors (Lipinski definition) is 1. The Balaban J connectivity index is 2.40. The van der Waals surface area contributed by atoms with Gasteiger partial charge in [-0.25, -0.2) is 8.42 Å². The van der Waals surface area contributed by atoms with Gasteiger partial charge in [0.2, 0.25) is 10.0 Å². The van der Waals surface area contributed by atoms with Gasteiger partial charge in [-0.3, -0.25) is 0 Å². The van der Waals surface area contributed by atoms with E-state index in [0.29, 0.717) is 30.3 Å². The van der Waals surface area contributed by atoms with Gasteiger partial charge in [0.1, 0.15) is 4.90 Å². The van der Waals surface area contributed by atoms with E-state index in [1.165, 1.54) is 0 Å². The molecule has 0 spiro atoms. The average molecular weight is 312 g/mol. The van der Waals surface area contributed by atoms with Crippen LogP contribution in [0.5, 0.6) is 0 Å². The lowest BCUT2D eigenvalue weighted by atomic mass is 10.2. The lowest BCUT2D eigenvalue weighted by Gasteiger charge is -2.37. The van der Waals surface area contributed by atoms with Gasteiger partial charge in [-0.15, -0.1) is 0 Å². The van der Waals surface area contributed by atoms with Crippen LogP contribution in [0.4, 0.5) is 5.69 Å². The molecule has 1 aromatic carbocycles. The molecule has 2 unspecified atom stereocenters. The molecular formula is C15H24N2O3S. The Kier molecular flexibility index (Phi) is 5.24. The Morgan fingerprint density at radius 2 is 2.05 bits per heavy atom. The van der Waals surface area contributed by atoms with Gasteiger partial charge >= 0.3 is 0 Å². The molecule has 21 heavy (non-hydrogen) atoms. The van der Waals surface area contributed by atoms with Crippen molar-refractivity contribution < 1.29 is 13.2 Å². The largest absolute Gasteiger partial charge is 0.384 e. The highest BCUT2D eigenvalue weighted by molar-refractivity contribution is 7.89. The summed E-state index contributed by atoms with van der Waals surface area (Å²) >= 11 is 0. The quantitative estimate of drug-likeness (QED) is 0.906. The maximum absolute atomic E-state index is 13.0. The van der Waals surface area contributed by atoms with Gasteiger partial charge < -0.3 is 10.1 Å². The number of ether oxygens (including phenoxy) is 1. The van der Waals surface area contributed by atoms with E-state index >= 15 is 0 Å². The van der Waals surface area contributed by atoms with Crippen LogP contribution in [0.3, 0.4) is 0 Å². The van der Waals surface area contributed by atoms with Crippen molar-refractivity contribution >= 4 is 15.7 Å². The molecule has 1 fully saturated rings. The Morgan fingerprint density at radius 3 is 2.71 bits per heavy atom. The third-order valence-electron chi connectivity index (χ3n) is 3.73. The lowest BCUT2D eigenvalue weighted by Crippen LogP contribution is -2.51. The summed E-state index contributed by atoms with van der Waals surface area (Å²) in [5.74, 6) is 0. The van der Waals surface area contributed by atoms with Gasteiger partial charge in [-0.2, -0.15) is 4.31 Å². The van der Waals surface area contributed by atoms with E-state index < -0.39 is 10.0 Å². The zero-order chi connectivity index (χ0) is 15.5.